The Morgan fingerprint density at radius 1 is 0.714 bits per heavy atom. The van der Waals surface area contributed by atoms with Gasteiger partial charge in [-0.3, -0.25) is 9.59 Å². The molecule has 2 saturated heterocycles. The van der Waals surface area contributed by atoms with Crippen molar-refractivity contribution < 1.29 is 61.8 Å². The summed E-state index contributed by atoms with van der Waals surface area (Å²) in [6, 6.07) is 0. The standard InChI is InChI=1S/C22H36O13/c1-10-17(28-7)22(4,18(29-8)21(31-10)33-12(3)24)35-20-16(32-11(2)23)14(27-6)13(26-5)15(34-20)19(25)30-9/h10,13-18,20-21H,1-9H3/t10-,13-,14-,15-,16+,17-,18-,20-,21-,22+/m0/s1. The van der Waals surface area contributed by atoms with Crippen LogP contribution in [0.5, 0.6) is 0 Å². The van der Waals surface area contributed by atoms with E-state index in [4.69, 9.17) is 47.4 Å². The van der Waals surface area contributed by atoms with E-state index in [1.54, 1.807) is 13.8 Å². The molecule has 0 radical (unpaired) electrons. The van der Waals surface area contributed by atoms with E-state index in [1.165, 1.54) is 49.4 Å². The summed E-state index contributed by atoms with van der Waals surface area (Å²) < 4.78 is 56.2. The third-order valence-corrected chi connectivity index (χ3v) is 6.09. The van der Waals surface area contributed by atoms with Gasteiger partial charge < -0.3 is 47.4 Å². The Morgan fingerprint density at radius 2 is 1.29 bits per heavy atom. The van der Waals surface area contributed by atoms with Crippen molar-refractivity contribution in [3.8, 4) is 0 Å². The molecule has 2 aliphatic heterocycles. The van der Waals surface area contributed by atoms with Crippen molar-refractivity contribution in [3.05, 3.63) is 0 Å². The zero-order valence-corrected chi connectivity index (χ0v) is 21.5. The highest BCUT2D eigenvalue weighted by atomic mass is 16.8. The highest BCUT2D eigenvalue weighted by Crippen LogP contribution is 2.40. The molecule has 0 spiro atoms. The Balaban J connectivity index is 2.55. The molecule has 13 heteroatoms. The van der Waals surface area contributed by atoms with Gasteiger partial charge in [-0.2, -0.15) is 0 Å². The fourth-order valence-corrected chi connectivity index (χ4v) is 4.72. The Bertz CT molecular complexity index is 745. The van der Waals surface area contributed by atoms with Gasteiger partial charge in [0.1, 0.15) is 23.9 Å². The first-order chi connectivity index (χ1) is 16.5. The van der Waals surface area contributed by atoms with Crippen molar-refractivity contribution in [2.24, 2.45) is 0 Å². The molecule has 0 saturated carbocycles. The maximum absolute atomic E-state index is 12.5. The minimum absolute atomic E-state index is 0.595. The largest absolute Gasteiger partial charge is 0.467 e. The SMILES string of the molecule is COC(=O)[C@H]1O[C@@H](O[C@@]2(C)[C@@H](OC)[C@H](OC(C)=O)O[C@@H](C)[C@@H]2OC)[C@H](OC(C)=O)[C@@H](OC)[C@@H]1OC. The molecular formula is C22H36O13. The van der Waals surface area contributed by atoms with Crippen LogP contribution in [0.25, 0.3) is 0 Å². The van der Waals surface area contributed by atoms with Crippen LogP contribution in [0.4, 0.5) is 0 Å². The zero-order valence-electron chi connectivity index (χ0n) is 21.5. The number of hydrogen-bond acceptors (Lipinski definition) is 13. The summed E-state index contributed by atoms with van der Waals surface area (Å²) in [6.45, 7) is 5.80. The molecule has 0 unspecified atom stereocenters. The van der Waals surface area contributed by atoms with Gasteiger partial charge in [-0.15, -0.1) is 0 Å². The lowest BCUT2D eigenvalue weighted by atomic mass is 9.85. The second-order valence-electron chi connectivity index (χ2n) is 8.36. The average Bonchev–Trinajstić information content (AvgIpc) is 2.78. The summed E-state index contributed by atoms with van der Waals surface area (Å²) in [5, 5.41) is 0. The molecule has 13 nitrogen and oxygen atoms in total. The first-order valence-corrected chi connectivity index (χ1v) is 11.0. The molecule has 2 heterocycles. The third kappa shape index (κ3) is 6.10. The van der Waals surface area contributed by atoms with Gasteiger partial charge in [0.05, 0.1) is 13.2 Å². The average molecular weight is 509 g/mol. The monoisotopic (exact) mass is 508 g/mol. The molecular weight excluding hydrogens is 472 g/mol. The minimum atomic E-state index is -1.40. The van der Waals surface area contributed by atoms with Crippen LogP contribution in [0, 0.1) is 0 Å². The molecule has 202 valence electrons. The number of carbonyl (C=O) groups is 3. The second-order valence-corrected chi connectivity index (χ2v) is 8.36. The summed E-state index contributed by atoms with van der Waals surface area (Å²) >= 11 is 0. The molecule has 0 N–H and O–H groups in total. The zero-order chi connectivity index (χ0) is 26.5. The summed E-state index contributed by atoms with van der Waals surface area (Å²) in [6.07, 6.45) is -9.33. The minimum Gasteiger partial charge on any atom is -0.467 e. The topological polar surface area (TPSA) is 144 Å². The molecule has 0 amide bonds. The van der Waals surface area contributed by atoms with Crippen molar-refractivity contribution in [3.63, 3.8) is 0 Å². The molecule has 0 aromatic carbocycles. The van der Waals surface area contributed by atoms with Crippen molar-refractivity contribution in [1.29, 1.82) is 0 Å². The Labute approximate surface area is 204 Å². The van der Waals surface area contributed by atoms with Gasteiger partial charge >= 0.3 is 17.9 Å². The van der Waals surface area contributed by atoms with Crippen LogP contribution in [-0.4, -0.2) is 114 Å². The van der Waals surface area contributed by atoms with E-state index in [1.807, 2.05) is 0 Å². The van der Waals surface area contributed by atoms with Gasteiger partial charge in [0.25, 0.3) is 0 Å². The van der Waals surface area contributed by atoms with E-state index >= 15 is 0 Å². The van der Waals surface area contributed by atoms with Crippen molar-refractivity contribution in [2.45, 2.75) is 88.6 Å². The molecule has 0 aromatic heterocycles. The first-order valence-electron chi connectivity index (χ1n) is 11.0. The summed E-state index contributed by atoms with van der Waals surface area (Å²) in [5.41, 5.74) is -1.40. The lowest BCUT2D eigenvalue weighted by Gasteiger charge is -2.53. The predicted molar refractivity (Wildman–Crippen MR) is 115 cm³/mol. The van der Waals surface area contributed by atoms with Crippen LogP contribution in [0.15, 0.2) is 0 Å². The molecule has 0 aliphatic carbocycles. The van der Waals surface area contributed by atoms with E-state index < -0.39 is 78.8 Å². The summed E-state index contributed by atoms with van der Waals surface area (Å²) in [4.78, 5) is 36.2. The van der Waals surface area contributed by atoms with Gasteiger partial charge in [0.15, 0.2) is 24.6 Å². The fraction of sp³-hybridized carbons (Fsp3) is 0.864. The second kappa shape index (κ2) is 12.4. The van der Waals surface area contributed by atoms with Crippen molar-refractivity contribution in [2.75, 3.05) is 35.5 Å². The predicted octanol–water partition coefficient (Wildman–Crippen LogP) is -0.0408. The normalized spacial score (nSPS) is 39.5. The molecule has 2 fully saturated rings. The number of ether oxygens (including phenoxy) is 10. The summed E-state index contributed by atoms with van der Waals surface area (Å²) in [5.74, 6) is -1.98. The van der Waals surface area contributed by atoms with Crippen molar-refractivity contribution >= 4 is 17.9 Å². The lowest BCUT2D eigenvalue weighted by molar-refractivity contribution is -0.384. The van der Waals surface area contributed by atoms with Gasteiger partial charge in [-0.05, 0) is 13.8 Å². The van der Waals surface area contributed by atoms with Gasteiger partial charge in [-0.1, -0.05) is 0 Å². The van der Waals surface area contributed by atoms with Gasteiger partial charge in [-0.25, -0.2) is 4.79 Å². The van der Waals surface area contributed by atoms with Gasteiger partial charge in [0, 0.05) is 42.3 Å². The molecule has 10 atom stereocenters. The smallest absolute Gasteiger partial charge is 0.337 e. The van der Waals surface area contributed by atoms with Crippen LogP contribution in [0.1, 0.15) is 27.7 Å². The van der Waals surface area contributed by atoms with E-state index in [9.17, 15) is 14.4 Å². The highest BCUT2D eigenvalue weighted by Gasteiger charge is 2.60. The van der Waals surface area contributed by atoms with E-state index in [0.29, 0.717) is 0 Å². The number of hydrogen-bond donors (Lipinski definition) is 0. The number of carbonyl (C=O) groups excluding carboxylic acids is 3. The maximum Gasteiger partial charge on any atom is 0.337 e. The van der Waals surface area contributed by atoms with E-state index in [2.05, 4.69) is 0 Å². The molecule has 2 aliphatic rings. The third-order valence-electron chi connectivity index (χ3n) is 6.09. The number of esters is 3. The quantitative estimate of drug-likeness (QED) is 0.304. The fourth-order valence-electron chi connectivity index (χ4n) is 4.72. The van der Waals surface area contributed by atoms with Gasteiger partial charge in [0.2, 0.25) is 6.29 Å². The van der Waals surface area contributed by atoms with Crippen LogP contribution >= 0.6 is 0 Å². The highest BCUT2D eigenvalue weighted by molar-refractivity contribution is 5.75. The Kier molecular flexibility index (Phi) is 10.4. The first kappa shape index (κ1) is 29.4. The molecule has 35 heavy (non-hydrogen) atoms. The van der Waals surface area contributed by atoms with E-state index in [0.717, 1.165) is 0 Å². The van der Waals surface area contributed by atoms with Crippen LogP contribution in [0.2, 0.25) is 0 Å². The van der Waals surface area contributed by atoms with Crippen LogP contribution < -0.4 is 0 Å². The number of rotatable bonds is 9. The molecule has 2 rings (SSSR count). The Hall–Kier alpha value is -1.87. The maximum atomic E-state index is 12.5. The van der Waals surface area contributed by atoms with Crippen molar-refractivity contribution in [1.82, 2.24) is 0 Å². The summed E-state index contributed by atoms with van der Waals surface area (Å²) in [7, 11) is 6.76. The lowest BCUT2D eigenvalue weighted by Crippen LogP contribution is -2.71. The number of methoxy groups -OCH3 is 5. The molecule has 0 bridgehead atoms. The van der Waals surface area contributed by atoms with Crippen LogP contribution in [0.3, 0.4) is 0 Å². The van der Waals surface area contributed by atoms with Crippen LogP contribution in [-0.2, 0) is 61.8 Å². The molecule has 0 aromatic rings. The Morgan fingerprint density at radius 3 is 1.74 bits per heavy atom. The van der Waals surface area contributed by atoms with E-state index in [-0.39, 0.29) is 0 Å².